The first kappa shape index (κ1) is 64.9. The summed E-state index contributed by atoms with van der Waals surface area (Å²) in [7, 11) is 0. The molecule has 0 saturated carbocycles. The van der Waals surface area contributed by atoms with E-state index in [4.69, 9.17) is 48.7 Å². The van der Waals surface area contributed by atoms with Crippen molar-refractivity contribution in [2.45, 2.75) is 0 Å². The molecule has 0 amide bonds. The monoisotopic (exact) mass is 1430 g/mol. The molecule has 0 radical (unpaired) electrons. The topological polar surface area (TPSA) is 139 Å². The fraction of sp³-hybridized carbons (Fsp3) is 0. The van der Waals surface area contributed by atoms with Crippen LogP contribution in [0, 0.1) is 0 Å². The second-order valence-electron chi connectivity index (χ2n) is 27.7. The molecule has 0 atom stereocenters. The number of nitrogens with zero attached hydrogens (tertiary/aromatic N) is 10. The van der Waals surface area contributed by atoms with Gasteiger partial charge in [-0.1, -0.05) is 267 Å². The standard InChI is InChI=1S/2C50H31N5O/c1-5-16-32(17-6-1)35-28-41(50-53-48(33-18-7-2-8-19-33)52-49(54-50)34-20-9-3-10-21-34)47(51-31-35)38-25-15-27-44-46(38)40-29-43-39(30-45(40)56-44)37-24-13-14-26-42(37)55(43)36-22-11-4-12-23-36;1-5-15-32(16-6-1)36-28-42(50-53-48(33-17-7-2-8-18-33)52-49(54-50)34-19-9-3-10-20-34)47(51-31-36)35-25-26-45-40(27-35)41-29-44-39(30-46(41)56-45)38-23-13-14-24-43(38)55(44)37-21-11-4-12-22-37/h2*1-31H. The van der Waals surface area contributed by atoms with Crippen LogP contribution in [0.3, 0.4) is 0 Å². The molecule has 0 bridgehead atoms. The zero-order chi connectivity index (χ0) is 74.0. The van der Waals surface area contributed by atoms with Gasteiger partial charge in [0.15, 0.2) is 34.9 Å². The van der Waals surface area contributed by atoms with Gasteiger partial charge < -0.3 is 18.0 Å². The molecule has 12 nitrogen and oxygen atoms in total. The molecular weight excluding hydrogens is 1370 g/mol. The van der Waals surface area contributed by atoms with Crippen molar-refractivity contribution in [1.29, 1.82) is 0 Å². The van der Waals surface area contributed by atoms with E-state index >= 15 is 0 Å². The van der Waals surface area contributed by atoms with Crippen molar-refractivity contribution in [3.05, 3.63) is 376 Å². The highest BCUT2D eigenvalue weighted by Crippen LogP contribution is 2.46. The van der Waals surface area contributed by atoms with E-state index < -0.39 is 0 Å². The highest BCUT2D eigenvalue weighted by Gasteiger charge is 2.26. The Labute approximate surface area is 642 Å². The van der Waals surface area contributed by atoms with Gasteiger partial charge in [0.25, 0.3) is 0 Å². The fourth-order valence-electron chi connectivity index (χ4n) is 15.7. The van der Waals surface area contributed by atoms with Crippen LogP contribution >= 0.6 is 0 Å². The number of aromatic nitrogens is 10. The second kappa shape index (κ2) is 27.4. The molecule has 12 heteroatoms. The minimum Gasteiger partial charge on any atom is -0.456 e. The second-order valence-corrected chi connectivity index (χ2v) is 27.7. The molecule has 0 N–H and O–H groups in total. The summed E-state index contributed by atoms with van der Waals surface area (Å²) in [5.74, 6) is 3.46. The Hall–Kier alpha value is -15.4. The van der Waals surface area contributed by atoms with Crippen LogP contribution in [0.15, 0.2) is 385 Å². The Kier molecular flexibility index (Phi) is 15.9. The maximum Gasteiger partial charge on any atom is 0.166 e. The lowest BCUT2D eigenvalue weighted by atomic mass is 9.96. The van der Waals surface area contributed by atoms with Gasteiger partial charge in [0.2, 0.25) is 0 Å². The summed E-state index contributed by atoms with van der Waals surface area (Å²) >= 11 is 0. The lowest BCUT2D eigenvalue weighted by molar-refractivity contribution is 0.669. The summed E-state index contributed by atoms with van der Waals surface area (Å²) in [6, 6.07) is 125. The molecule has 0 aliphatic heterocycles. The molecule has 0 spiro atoms. The third kappa shape index (κ3) is 11.6. The van der Waals surface area contributed by atoms with Gasteiger partial charge in [-0.2, -0.15) is 0 Å². The van der Waals surface area contributed by atoms with Gasteiger partial charge in [0, 0.05) is 122 Å². The Morgan fingerprint density at radius 3 is 1.03 bits per heavy atom. The van der Waals surface area contributed by atoms with Crippen LogP contribution in [-0.2, 0) is 0 Å². The molecule has 0 saturated heterocycles. The molecule has 8 heterocycles. The first-order valence-corrected chi connectivity index (χ1v) is 37.3. The molecule has 112 heavy (non-hydrogen) atoms. The van der Waals surface area contributed by atoms with Gasteiger partial charge in [-0.25, -0.2) is 29.9 Å². The molecule has 0 fully saturated rings. The lowest BCUT2D eigenvalue weighted by Crippen LogP contribution is -2.02. The average Bonchev–Trinajstić information content (AvgIpc) is 1.54. The SMILES string of the molecule is c1ccc(-c2cnc(-c3ccc4oc5cc6c7ccccc7n(-c7ccccc7)c6cc5c4c3)c(-c3nc(-c4ccccc4)nc(-c4ccccc4)n3)c2)cc1.c1ccc(-c2cnc(-c3cccc4oc5cc6c7ccccc7n(-c7ccccc7)c6cc5c34)c(-c3nc(-c4ccccc4)nc(-c4ccccc4)n3)c2)cc1. The Balaban J connectivity index is 0.000000141. The van der Waals surface area contributed by atoms with Crippen molar-refractivity contribution in [1.82, 2.24) is 49.0 Å². The van der Waals surface area contributed by atoms with E-state index in [1.165, 1.54) is 10.8 Å². The minimum absolute atomic E-state index is 0.536. The summed E-state index contributed by atoms with van der Waals surface area (Å²) in [5.41, 5.74) is 22.7. The average molecular weight is 1440 g/mol. The van der Waals surface area contributed by atoms with Gasteiger partial charge in [-0.3, -0.25) is 9.97 Å². The lowest BCUT2D eigenvalue weighted by Gasteiger charge is -2.14. The van der Waals surface area contributed by atoms with Crippen molar-refractivity contribution in [3.63, 3.8) is 0 Å². The number of hydrogen-bond donors (Lipinski definition) is 0. The number of rotatable bonds is 12. The van der Waals surface area contributed by atoms with Crippen molar-refractivity contribution in [2.24, 2.45) is 0 Å². The van der Waals surface area contributed by atoms with Crippen LogP contribution in [0.1, 0.15) is 0 Å². The Morgan fingerprint density at radius 1 is 0.196 bits per heavy atom. The van der Waals surface area contributed by atoms with Crippen LogP contribution in [-0.4, -0.2) is 49.0 Å². The Bertz CT molecular complexity index is 7220. The van der Waals surface area contributed by atoms with E-state index in [0.29, 0.717) is 34.9 Å². The quantitative estimate of drug-likeness (QED) is 0.116. The predicted octanol–water partition coefficient (Wildman–Crippen LogP) is 25.2. The molecule has 0 aliphatic carbocycles. The number of benzene rings is 14. The Morgan fingerprint density at radius 2 is 0.562 bits per heavy atom. The number of hydrogen-bond acceptors (Lipinski definition) is 10. The minimum atomic E-state index is 0.536. The predicted molar refractivity (Wildman–Crippen MR) is 453 cm³/mol. The van der Waals surface area contributed by atoms with Gasteiger partial charge in [-0.05, 0) is 108 Å². The van der Waals surface area contributed by atoms with Crippen LogP contribution < -0.4 is 0 Å². The van der Waals surface area contributed by atoms with Crippen molar-refractivity contribution in [2.75, 3.05) is 0 Å². The van der Waals surface area contributed by atoms with Crippen LogP contribution in [0.2, 0.25) is 0 Å². The van der Waals surface area contributed by atoms with Crippen molar-refractivity contribution < 1.29 is 8.83 Å². The molecule has 22 aromatic rings. The van der Waals surface area contributed by atoms with Crippen LogP contribution in [0.4, 0.5) is 0 Å². The molecule has 22 rings (SSSR count). The van der Waals surface area contributed by atoms with E-state index in [0.717, 1.165) is 166 Å². The summed E-state index contributed by atoms with van der Waals surface area (Å²) in [6.07, 6.45) is 3.88. The fourth-order valence-corrected chi connectivity index (χ4v) is 15.7. The molecule has 0 aliphatic rings. The molecular formula is C100H62N10O2. The largest absolute Gasteiger partial charge is 0.456 e. The first-order chi connectivity index (χ1) is 55.5. The van der Waals surface area contributed by atoms with Gasteiger partial charge in [-0.15, -0.1) is 0 Å². The van der Waals surface area contributed by atoms with Crippen molar-refractivity contribution in [3.8, 4) is 124 Å². The maximum atomic E-state index is 6.70. The molecule has 524 valence electrons. The van der Waals surface area contributed by atoms with Crippen LogP contribution in [0.25, 0.3) is 212 Å². The van der Waals surface area contributed by atoms with Gasteiger partial charge in [0.05, 0.1) is 33.5 Å². The van der Waals surface area contributed by atoms with E-state index in [9.17, 15) is 0 Å². The van der Waals surface area contributed by atoms with Gasteiger partial charge >= 0.3 is 0 Å². The molecule has 8 aromatic heterocycles. The van der Waals surface area contributed by atoms with Crippen LogP contribution in [0.5, 0.6) is 0 Å². The third-order valence-corrected chi connectivity index (χ3v) is 21.0. The first-order valence-electron chi connectivity index (χ1n) is 37.3. The van der Waals surface area contributed by atoms with E-state index in [1.807, 2.05) is 188 Å². The number of fused-ring (bicyclic) bond motifs is 12. The summed E-state index contributed by atoms with van der Waals surface area (Å²) in [4.78, 5) is 41.0. The number of furan rings is 2. The number of pyridine rings is 2. The smallest absolute Gasteiger partial charge is 0.166 e. The van der Waals surface area contributed by atoms with E-state index in [-0.39, 0.29) is 0 Å². The highest BCUT2D eigenvalue weighted by molar-refractivity contribution is 6.21. The summed E-state index contributed by atoms with van der Waals surface area (Å²) in [5, 5.41) is 8.68. The molecule has 14 aromatic carbocycles. The number of para-hydroxylation sites is 4. The normalized spacial score (nSPS) is 11.6. The summed E-state index contributed by atoms with van der Waals surface area (Å²) < 4.78 is 18.0. The molecule has 0 unspecified atom stereocenters. The summed E-state index contributed by atoms with van der Waals surface area (Å²) in [6.45, 7) is 0. The zero-order valence-electron chi connectivity index (χ0n) is 60.1. The van der Waals surface area contributed by atoms with E-state index in [1.54, 1.807) is 0 Å². The van der Waals surface area contributed by atoms with E-state index in [2.05, 4.69) is 197 Å². The van der Waals surface area contributed by atoms with Gasteiger partial charge in [0.1, 0.15) is 22.3 Å². The van der Waals surface area contributed by atoms with Crippen molar-refractivity contribution >= 4 is 87.5 Å². The maximum absolute atomic E-state index is 6.70. The zero-order valence-corrected chi connectivity index (χ0v) is 60.1. The highest BCUT2D eigenvalue weighted by atomic mass is 16.3. The third-order valence-electron chi connectivity index (χ3n) is 21.0.